The summed E-state index contributed by atoms with van der Waals surface area (Å²) in [5.74, 6) is -0.847. The van der Waals surface area contributed by atoms with Crippen molar-refractivity contribution < 1.29 is 86.2 Å². The Hall–Kier alpha value is -4.45. The van der Waals surface area contributed by atoms with Crippen LogP contribution in [0.1, 0.15) is 58.5 Å². The van der Waals surface area contributed by atoms with E-state index in [2.05, 4.69) is 0 Å². The van der Waals surface area contributed by atoms with Gasteiger partial charge in [-0.2, -0.15) is 0 Å². The third-order valence-corrected chi connectivity index (χ3v) is 7.83. The molecule has 256 valence electrons. The minimum absolute atomic E-state index is 0. The Morgan fingerprint density at radius 3 is 1.36 bits per heavy atom. The van der Waals surface area contributed by atoms with Gasteiger partial charge >= 0.3 is 49.3 Å². The zero-order valence-corrected chi connectivity index (χ0v) is 31.2. The van der Waals surface area contributed by atoms with Crippen LogP contribution in [-0.4, -0.2) is 37.7 Å². The van der Waals surface area contributed by atoms with Crippen LogP contribution in [0.2, 0.25) is 0 Å². The van der Waals surface area contributed by atoms with Gasteiger partial charge in [0.15, 0.2) is 34.6 Å². The molecule has 0 heterocycles. The quantitative estimate of drug-likeness (QED) is 0.0549. The number of phosphoric ester groups is 1. The SMILES string of the molecule is COc1cc(CCC(=O)c2cccc(OC(C)=O)c2)ccc1OP(=O)([O-])Oc1ccc(CCC(=O)c2cccc(OC(C)=O)c2)cc1OC.[Na+]. The first kappa shape index (κ1) is 40.0. The molecule has 0 unspecified atom stereocenters. The molecule has 12 nitrogen and oxygen atoms in total. The van der Waals surface area contributed by atoms with Crippen molar-refractivity contribution in [2.45, 2.75) is 39.5 Å². The molecule has 0 N–H and O–H groups in total. The summed E-state index contributed by atoms with van der Waals surface area (Å²) in [5, 5.41) is 0. The molecule has 4 rings (SSSR count). The average Bonchev–Trinajstić information content (AvgIpc) is 3.06. The van der Waals surface area contributed by atoms with Gasteiger partial charge in [-0.05, 0) is 72.5 Å². The number of hydrogen-bond donors (Lipinski definition) is 0. The van der Waals surface area contributed by atoms with E-state index in [4.69, 9.17) is 28.0 Å². The molecule has 0 aromatic heterocycles. The molecule has 0 aliphatic rings. The summed E-state index contributed by atoms with van der Waals surface area (Å²) >= 11 is 0. The van der Waals surface area contributed by atoms with Crippen LogP contribution in [-0.2, 0) is 27.0 Å². The monoisotopic (exact) mass is 712 g/mol. The van der Waals surface area contributed by atoms with Crippen molar-refractivity contribution in [2.75, 3.05) is 14.2 Å². The van der Waals surface area contributed by atoms with Gasteiger partial charge in [-0.3, -0.25) is 19.2 Å². The molecule has 0 amide bonds. The van der Waals surface area contributed by atoms with E-state index < -0.39 is 19.8 Å². The molecule has 0 fully saturated rings. The summed E-state index contributed by atoms with van der Waals surface area (Å²) in [7, 11) is -2.32. The van der Waals surface area contributed by atoms with Crippen molar-refractivity contribution in [3.8, 4) is 34.5 Å². The smallest absolute Gasteiger partial charge is 0.736 e. The standard InChI is InChI=1S/C36H35O12P.Na/c1-23(37)45-29-9-5-7-27(21-29)31(39)15-11-25-13-17-33(35(19-25)43-3)47-49(41,42)48-34-18-14-26(20-36(34)44-4)12-16-32(40)28-8-6-10-30(22-28)46-24(2)38;/h5-10,13-14,17-22H,11-12,15-16H2,1-4H3,(H,41,42);/q;+1/p-1. The fourth-order valence-electron chi connectivity index (χ4n) is 4.75. The van der Waals surface area contributed by atoms with Gasteiger partial charge in [0.2, 0.25) is 0 Å². The zero-order chi connectivity index (χ0) is 35.6. The van der Waals surface area contributed by atoms with Gasteiger partial charge in [-0.25, -0.2) is 4.57 Å². The minimum atomic E-state index is -5.01. The van der Waals surface area contributed by atoms with Crippen molar-refractivity contribution in [1.29, 1.82) is 0 Å². The van der Waals surface area contributed by atoms with Crippen LogP contribution in [0.15, 0.2) is 84.9 Å². The first-order valence-electron chi connectivity index (χ1n) is 15.0. The number of hydrogen-bond acceptors (Lipinski definition) is 12. The largest absolute Gasteiger partial charge is 1.00 e. The van der Waals surface area contributed by atoms with Crippen molar-refractivity contribution in [1.82, 2.24) is 0 Å². The molecule has 0 bridgehead atoms. The van der Waals surface area contributed by atoms with Crippen LogP contribution < -0.4 is 62.4 Å². The van der Waals surface area contributed by atoms with E-state index in [1.807, 2.05) is 0 Å². The number of methoxy groups -OCH3 is 2. The van der Waals surface area contributed by atoms with Crippen molar-refractivity contribution >= 4 is 31.3 Å². The second kappa shape index (κ2) is 18.5. The Bertz CT molecular complexity index is 1770. The average molecular weight is 713 g/mol. The molecule has 0 saturated heterocycles. The summed E-state index contributed by atoms with van der Waals surface area (Å²) in [6, 6.07) is 21.7. The molecule has 0 aliphatic carbocycles. The summed E-state index contributed by atoms with van der Waals surface area (Å²) < 4.78 is 44.1. The molecule has 0 saturated carbocycles. The topological polar surface area (TPSA) is 164 Å². The second-order valence-corrected chi connectivity index (χ2v) is 11.9. The summed E-state index contributed by atoms with van der Waals surface area (Å²) in [4.78, 5) is 60.9. The number of benzene rings is 4. The Morgan fingerprint density at radius 2 is 1.00 bits per heavy atom. The molecule has 0 atom stereocenters. The normalized spacial score (nSPS) is 10.7. The number of esters is 2. The summed E-state index contributed by atoms with van der Waals surface area (Å²) in [6.45, 7) is 2.54. The van der Waals surface area contributed by atoms with Crippen molar-refractivity contribution in [2.24, 2.45) is 0 Å². The number of Topliss-reactive ketones (excluding diaryl/α,β-unsaturated/α-hetero) is 2. The maximum absolute atomic E-state index is 12.9. The zero-order valence-electron chi connectivity index (χ0n) is 28.3. The molecule has 0 radical (unpaired) electrons. The fourth-order valence-corrected chi connectivity index (χ4v) is 5.57. The van der Waals surface area contributed by atoms with E-state index in [1.165, 1.54) is 52.3 Å². The van der Waals surface area contributed by atoms with Crippen LogP contribution >= 0.6 is 7.82 Å². The third-order valence-electron chi connectivity index (χ3n) is 6.99. The van der Waals surface area contributed by atoms with Crippen molar-refractivity contribution in [3.05, 3.63) is 107 Å². The van der Waals surface area contributed by atoms with Crippen LogP contribution in [0.3, 0.4) is 0 Å². The van der Waals surface area contributed by atoms with Gasteiger partial charge in [0.1, 0.15) is 11.5 Å². The summed E-state index contributed by atoms with van der Waals surface area (Å²) in [6.07, 6.45) is 0.885. The summed E-state index contributed by atoms with van der Waals surface area (Å²) in [5.41, 5.74) is 2.14. The molecular weight excluding hydrogens is 678 g/mol. The number of carbonyl (C=O) groups excluding carboxylic acids is 4. The van der Waals surface area contributed by atoms with Gasteiger partial charge in [0.25, 0.3) is 0 Å². The molecule has 0 spiro atoms. The van der Waals surface area contributed by atoms with Gasteiger partial charge in [-0.15, -0.1) is 0 Å². The Kier molecular flexibility index (Phi) is 14.8. The van der Waals surface area contributed by atoms with E-state index in [9.17, 15) is 28.6 Å². The van der Waals surface area contributed by atoms with Crippen LogP contribution in [0, 0.1) is 0 Å². The number of ether oxygens (including phenoxy) is 4. The van der Waals surface area contributed by atoms with E-state index in [-0.39, 0.29) is 88.5 Å². The predicted molar refractivity (Wildman–Crippen MR) is 176 cm³/mol. The van der Waals surface area contributed by atoms with E-state index >= 15 is 0 Å². The van der Waals surface area contributed by atoms with Crippen LogP contribution in [0.5, 0.6) is 34.5 Å². The van der Waals surface area contributed by atoms with E-state index in [0.29, 0.717) is 35.1 Å². The number of phosphoric acid groups is 1. The molecule has 50 heavy (non-hydrogen) atoms. The van der Waals surface area contributed by atoms with Crippen LogP contribution in [0.4, 0.5) is 0 Å². The fraction of sp³-hybridized carbons (Fsp3) is 0.222. The Balaban J connectivity index is 0.00000676. The van der Waals surface area contributed by atoms with Gasteiger partial charge in [0, 0.05) is 37.8 Å². The molecule has 14 heteroatoms. The van der Waals surface area contributed by atoms with E-state index in [1.54, 1.807) is 60.7 Å². The maximum atomic E-state index is 12.9. The molecule has 0 aliphatic heterocycles. The number of rotatable bonds is 16. The number of carbonyl (C=O) groups is 4. The van der Waals surface area contributed by atoms with Gasteiger partial charge in [-0.1, -0.05) is 36.4 Å². The molecule has 4 aromatic carbocycles. The second-order valence-electron chi connectivity index (χ2n) is 10.7. The van der Waals surface area contributed by atoms with Crippen molar-refractivity contribution in [3.63, 3.8) is 0 Å². The minimum Gasteiger partial charge on any atom is -0.736 e. The van der Waals surface area contributed by atoms with E-state index in [0.717, 1.165) is 0 Å². The Morgan fingerprint density at radius 1 is 0.600 bits per heavy atom. The first-order valence-corrected chi connectivity index (χ1v) is 16.5. The van der Waals surface area contributed by atoms with Crippen LogP contribution in [0.25, 0.3) is 0 Å². The van der Waals surface area contributed by atoms with Gasteiger partial charge in [0.05, 0.1) is 14.2 Å². The Labute approximate surface area is 311 Å². The number of ketones is 2. The molecule has 4 aromatic rings. The third kappa shape index (κ3) is 11.9. The number of aryl methyl sites for hydroxylation is 2. The van der Waals surface area contributed by atoms with Gasteiger partial charge < -0.3 is 32.9 Å². The predicted octanol–water partition coefficient (Wildman–Crippen LogP) is 3.12. The maximum Gasteiger partial charge on any atom is 1.00 e. The molecular formula is C36H34NaO12P. The first-order chi connectivity index (χ1) is 23.3.